The van der Waals surface area contributed by atoms with E-state index in [4.69, 9.17) is 0 Å². The van der Waals surface area contributed by atoms with E-state index in [0.717, 1.165) is 13.0 Å². The molecule has 0 aromatic carbocycles. The van der Waals surface area contributed by atoms with Crippen molar-refractivity contribution in [1.29, 1.82) is 0 Å². The molecule has 1 aliphatic rings. The van der Waals surface area contributed by atoms with Crippen molar-refractivity contribution in [2.45, 2.75) is 52.1 Å². The first kappa shape index (κ1) is 12.5. The molecule has 88 valence electrons. The van der Waals surface area contributed by atoms with Gasteiger partial charge in [-0.1, -0.05) is 13.8 Å². The Hall–Kier alpha value is -0.570. The fourth-order valence-corrected chi connectivity index (χ4v) is 2.22. The Bertz CT molecular complexity index is 218. The number of hydrogen-bond acceptors (Lipinski definition) is 2. The third-order valence-electron chi connectivity index (χ3n) is 3.58. The summed E-state index contributed by atoms with van der Waals surface area (Å²) in [5, 5.41) is 3.12. The summed E-state index contributed by atoms with van der Waals surface area (Å²) < 4.78 is 0. The molecule has 0 aromatic rings. The average molecular weight is 212 g/mol. The molecule has 0 bridgehead atoms. The van der Waals surface area contributed by atoms with E-state index in [1.165, 1.54) is 12.8 Å². The highest BCUT2D eigenvalue weighted by Gasteiger charge is 2.27. The zero-order valence-electron chi connectivity index (χ0n) is 10.4. The van der Waals surface area contributed by atoms with Crippen LogP contribution in [0.5, 0.6) is 0 Å². The van der Waals surface area contributed by atoms with E-state index in [9.17, 15) is 4.79 Å². The van der Waals surface area contributed by atoms with Crippen LogP contribution in [0.3, 0.4) is 0 Å². The fraction of sp³-hybridized carbons (Fsp3) is 0.917. The summed E-state index contributed by atoms with van der Waals surface area (Å²) in [5.74, 6) is 0.337. The van der Waals surface area contributed by atoms with Crippen LogP contribution in [0.2, 0.25) is 0 Å². The van der Waals surface area contributed by atoms with Gasteiger partial charge in [0.15, 0.2) is 0 Å². The monoisotopic (exact) mass is 212 g/mol. The lowest BCUT2D eigenvalue weighted by Gasteiger charge is -2.27. The average Bonchev–Trinajstić information content (AvgIpc) is 2.63. The Morgan fingerprint density at radius 2 is 2.20 bits per heavy atom. The van der Waals surface area contributed by atoms with E-state index in [-0.39, 0.29) is 17.9 Å². The lowest BCUT2D eigenvalue weighted by molar-refractivity contribution is -0.125. The summed E-state index contributed by atoms with van der Waals surface area (Å²) in [6.45, 7) is 7.32. The molecule has 3 nitrogen and oxygen atoms in total. The molecule has 0 radical (unpaired) electrons. The molecule has 1 fully saturated rings. The molecule has 3 heteroatoms. The molecule has 1 heterocycles. The number of hydrogen-bond donors (Lipinski definition) is 1. The highest BCUT2D eigenvalue weighted by molar-refractivity contribution is 5.78. The summed E-state index contributed by atoms with van der Waals surface area (Å²) >= 11 is 0. The Morgan fingerprint density at radius 3 is 2.67 bits per heavy atom. The van der Waals surface area contributed by atoms with Gasteiger partial charge in [0, 0.05) is 18.0 Å². The second kappa shape index (κ2) is 5.50. The van der Waals surface area contributed by atoms with Gasteiger partial charge in [-0.15, -0.1) is 0 Å². The normalized spacial score (nSPS) is 26.3. The van der Waals surface area contributed by atoms with Crippen LogP contribution < -0.4 is 5.32 Å². The molecule has 1 N–H and O–H groups in total. The first-order chi connectivity index (χ1) is 7.06. The van der Waals surface area contributed by atoms with Gasteiger partial charge in [-0.3, -0.25) is 4.79 Å². The molecule has 0 saturated carbocycles. The van der Waals surface area contributed by atoms with Crippen LogP contribution in [-0.2, 0) is 4.79 Å². The Balaban J connectivity index is 2.41. The molecule has 1 rings (SSSR count). The maximum atomic E-state index is 11.7. The zero-order chi connectivity index (χ0) is 11.4. The Morgan fingerprint density at radius 1 is 1.53 bits per heavy atom. The number of likely N-dealkylation sites (tertiary alicyclic amines) is 1. The maximum absolute atomic E-state index is 11.7. The molecule has 0 spiro atoms. The molecule has 1 unspecified atom stereocenters. The van der Waals surface area contributed by atoms with Crippen LogP contribution in [0.25, 0.3) is 0 Å². The predicted molar refractivity (Wildman–Crippen MR) is 62.7 cm³/mol. The minimum atomic E-state index is 0.138. The van der Waals surface area contributed by atoms with Crippen LogP contribution in [0, 0.1) is 5.92 Å². The van der Waals surface area contributed by atoms with Gasteiger partial charge in [0.1, 0.15) is 0 Å². The number of nitrogens with zero attached hydrogens (tertiary/aromatic N) is 1. The third-order valence-corrected chi connectivity index (χ3v) is 3.58. The second-order valence-corrected chi connectivity index (χ2v) is 4.80. The van der Waals surface area contributed by atoms with Crippen molar-refractivity contribution >= 4 is 5.91 Å². The molecule has 15 heavy (non-hydrogen) atoms. The standard InChI is InChI=1S/C12H24N2O/c1-5-9(2)12(15)13-10(3)11-7-6-8-14(11)4/h9-11H,5-8H2,1-4H3,(H,13,15)/t9?,10-,11+/m1/s1. The highest BCUT2D eigenvalue weighted by Crippen LogP contribution is 2.18. The predicted octanol–water partition coefficient (Wildman–Crippen LogP) is 1.63. The van der Waals surface area contributed by atoms with Gasteiger partial charge in [-0.05, 0) is 39.8 Å². The van der Waals surface area contributed by atoms with Gasteiger partial charge in [-0.25, -0.2) is 0 Å². The van der Waals surface area contributed by atoms with E-state index in [2.05, 4.69) is 31.1 Å². The summed E-state index contributed by atoms with van der Waals surface area (Å²) in [6.07, 6.45) is 3.38. The van der Waals surface area contributed by atoms with Crippen LogP contribution in [0.15, 0.2) is 0 Å². The van der Waals surface area contributed by atoms with Gasteiger partial charge in [0.25, 0.3) is 0 Å². The van der Waals surface area contributed by atoms with Crippen molar-refractivity contribution < 1.29 is 4.79 Å². The van der Waals surface area contributed by atoms with Gasteiger partial charge in [0.2, 0.25) is 5.91 Å². The zero-order valence-corrected chi connectivity index (χ0v) is 10.4. The molecular formula is C12H24N2O. The number of rotatable bonds is 4. The van der Waals surface area contributed by atoms with Crippen molar-refractivity contribution in [1.82, 2.24) is 10.2 Å². The first-order valence-corrected chi connectivity index (χ1v) is 6.06. The van der Waals surface area contributed by atoms with Crippen molar-refractivity contribution in [2.24, 2.45) is 5.92 Å². The van der Waals surface area contributed by atoms with E-state index in [1.807, 2.05) is 6.92 Å². The van der Waals surface area contributed by atoms with Gasteiger partial charge >= 0.3 is 0 Å². The maximum Gasteiger partial charge on any atom is 0.223 e. The minimum Gasteiger partial charge on any atom is -0.352 e. The molecular weight excluding hydrogens is 188 g/mol. The van der Waals surface area contributed by atoms with E-state index >= 15 is 0 Å². The second-order valence-electron chi connectivity index (χ2n) is 4.80. The minimum absolute atomic E-state index is 0.138. The first-order valence-electron chi connectivity index (χ1n) is 6.06. The van der Waals surface area contributed by atoms with Gasteiger partial charge < -0.3 is 10.2 Å². The topological polar surface area (TPSA) is 32.3 Å². The lowest BCUT2D eigenvalue weighted by atomic mass is 10.0. The lowest BCUT2D eigenvalue weighted by Crippen LogP contribution is -2.47. The summed E-state index contributed by atoms with van der Waals surface area (Å²) in [4.78, 5) is 14.1. The summed E-state index contributed by atoms with van der Waals surface area (Å²) in [7, 11) is 2.14. The van der Waals surface area contributed by atoms with Gasteiger partial charge in [0.05, 0.1) is 0 Å². The Labute approximate surface area is 93.2 Å². The Kier molecular flexibility index (Phi) is 4.58. The smallest absolute Gasteiger partial charge is 0.223 e. The highest BCUT2D eigenvalue weighted by atomic mass is 16.1. The fourth-order valence-electron chi connectivity index (χ4n) is 2.22. The number of likely N-dealkylation sites (N-methyl/N-ethyl adjacent to an activating group) is 1. The molecule has 3 atom stereocenters. The van der Waals surface area contributed by atoms with E-state index < -0.39 is 0 Å². The molecule has 1 saturated heterocycles. The largest absolute Gasteiger partial charge is 0.352 e. The SMILES string of the molecule is CCC(C)C(=O)N[C@H](C)[C@@H]1CCCN1C. The van der Waals surface area contributed by atoms with E-state index in [1.54, 1.807) is 0 Å². The molecule has 0 aliphatic carbocycles. The van der Waals surface area contributed by atoms with Crippen LogP contribution in [0.1, 0.15) is 40.0 Å². The van der Waals surface area contributed by atoms with E-state index in [0.29, 0.717) is 6.04 Å². The van der Waals surface area contributed by atoms with Crippen molar-refractivity contribution in [3.63, 3.8) is 0 Å². The number of carbonyl (C=O) groups excluding carboxylic acids is 1. The summed E-state index contributed by atoms with van der Waals surface area (Å²) in [6, 6.07) is 0.803. The van der Waals surface area contributed by atoms with Crippen LogP contribution >= 0.6 is 0 Å². The number of carbonyl (C=O) groups is 1. The molecule has 1 amide bonds. The van der Waals surface area contributed by atoms with Crippen molar-refractivity contribution in [2.75, 3.05) is 13.6 Å². The van der Waals surface area contributed by atoms with Crippen molar-refractivity contribution in [3.05, 3.63) is 0 Å². The summed E-state index contributed by atoms with van der Waals surface area (Å²) in [5.41, 5.74) is 0. The van der Waals surface area contributed by atoms with Gasteiger partial charge in [-0.2, -0.15) is 0 Å². The van der Waals surface area contributed by atoms with Crippen LogP contribution in [-0.4, -0.2) is 36.5 Å². The molecule has 1 aliphatic heterocycles. The number of nitrogens with one attached hydrogen (secondary N) is 1. The quantitative estimate of drug-likeness (QED) is 0.768. The molecule has 0 aromatic heterocycles. The third kappa shape index (κ3) is 3.20. The van der Waals surface area contributed by atoms with Crippen LogP contribution in [0.4, 0.5) is 0 Å². The van der Waals surface area contributed by atoms with Crippen molar-refractivity contribution in [3.8, 4) is 0 Å². The number of amides is 1.